The molecule has 1 aliphatic rings. The van der Waals surface area contributed by atoms with Crippen molar-refractivity contribution in [1.82, 2.24) is 4.98 Å². The van der Waals surface area contributed by atoms with Gasteiger partial charge in [-0.2, -0.15) is 0 Å². The van der Waals surface area contributed by atoms with E-state index in [9.17, 15) is 13.6 Å². The van der Waals surface area contributed by atoms with Gasteiger partial charge in [-0.1, -0.05) is 12.1 Å². The molecule has 148 valence electrons. The fraction of sp³-hybridized carbons (Fsp3) is 0.100. The van der Waals surface area contributed by atoms with Crippen molar-refractivity contribution < 1.29 is 13.6 Å². The van der Waals surface area contributed by atoms with Gasteiger partial charge in [0.2, 0.25) is 0 Å². The van der Waals surface area contributed by atoms with Gasteiger partial charge in [-0.15, -0.1) is 0 Å². The quantitative estimate of drug-likeness (QED) is 0.642. The van der Waals surface area contributed by atoms with E-state index in [0.29, 0.717) is 28.6 Å². The van der Waals surface area contributed by atoms with Gasteiger partial charge in [-0.25, -0.2) is 4.98 Å². The summed E-state index contributed by atoms with van der Waals surface area (Å²) in [5, 5.41) is 3.20. The van der Waals surface area contributed by atoms with Crippen molar-refractivity contribution in [3.8, 4) is 0 Å². The maximum Gasteiger partial charge on any atom is 0.260 e. The van der Waals surface area contributed by atoms with Crippen LogP contribution in [0.25, 0.3) is 0 Å². The summed E-state index contributed by atoms with van der Waals surface area (Å²) in [5.74, 6) is 1.16. The molecule has 9 heteroatoms. The van der Waals surface area contributed by atoms with E-state index in [1.165, 1.54) is 0 Å². The number of anilines is 6. The lowest BCUT2D eigenvalue weighted by molar-refractivity contribution is 0.0994. The summed E-state index contributed by atoms with van der Waals surface area (Å²) >= 11 is -2.36. The molecule has 0 saturated heterocycles. The summed E-state index contributed by atoms with van der Waals surface area (Å²) in [6.07, 6.45) is 0. The van der Waals surface area contributed by atoms with Crippen LogP contribution in [-0.4, -0.2) is 33.7 Å². The summed E-state index contributed by atoms with van der Waals surface area (Å²) < 4.78 is 23.7. The lowest BCUT2D eigenvalue weighted by atomic mass is 10.1. The number of hydrogen-bond acceptors (Lipinski definition) is 6. The van der Waals surface area contributed by atoms with Crippen LogP contribution in [0, 0.1) is 0 Å². The zero-order chi connectivity index (χ0) is 20.5. The molecule has 29 heavy (non-hydrogen) atoms. The second kappa shape index (κ2) is 7.53. The number of carbonyl (C=O) groups is 1. The molecule has 0 spiro atoms. The molecular formula is C20H18N5O3S-. The van der Waals surface area contributed by atoms with Gasteiger partial charge in [0.05, 0.1) is 16.9 Å². The van der Waals surface area contributed by atoms with Gasteiger partial charge in [0.1, 0.15) is 5.82 Å². The number of benzene rings is 2. The standard InChI is InChI=1S/C20H19N5O3S/c1-24-16-6-4-3-5-15(16)20(26)25(2)17-11-12-18(22-19(17)24)21-13-7-9-14(10-8-13)23-29(27)28/h3-12,23H,1-2H3,(H,21,22)(H,27,28)/p-1. The number of amides is 1. The minimum absolute atomic E-state index is 0.0902. The number of aromatic nitrogens is 1. The molecule has 8 nitrogen and oxygen atoms in total. The molecule has 0 bridgehead atoms. The van der Waals surface area contributed by atoms with E-state index < -0.39 is 11.3 Å². The molecule has 0 radical (unpaired) electrons. The second-order valence-electron chi connectivity index (χ2n) is 6.52. The Hall–Kier alpha value is -3.43. The highest BCUT2D eigenvalue weighted by Crippen LogP contribution is 2.38. The third kappa shape index (κ3) is 3.65. The van der Waals surface area contributed by atoms with Gasteiger partial charge < -0.3 is 24.4 Å². The minimum Gasteiger partial charge on any atom is -0.755 e. The molecular weight excluding hydrogens is 390 g/mol. The number of nitrogens with one attached hydrogen (secondary N) is 2. The van der Waals surface area contributed by atoms with Crippen LogP contribution in [0.3, 0.4) is 0 Å². The van der Waals surface area contributed by atoms with Crippen LogP contribution in [0.1, 0.15) is 10.4 Å². The molecule has 1 aromatic heterocycles. The summed E-state index contributed by atoms with van der Waals surface area (Å²) in [6, 6.07) is 17.9. The first-order chi connectivity index (χ1) is 13.9. The monoisotopic (exact) mass is 408 g/mol. The molecule has 1 unspecified atom stereocenters. The summed E-state index contributed by atoms with van der Waals surface area (Å²) in [6.45, 7) is 0. The lowest BCUT2D eigenvalue weighted by Gasteiger charge is -2.22. The summed E-state index contributed by atoms with van der Waals surface area (Å²) in [5.41, 5.74) is 3.32. The Balaban J connectivity index is 1.67. The van der Waals surface area contributed by atoms with E-state index in [2.05, 4.69) is 10.0 Å². The molecule has 2 N–H and O–H groups in total. The highest BCUT2D eigenvalue weighted by atomic mass is 32.2. The Labute approximate surface area is 170 Å². The molecule has 2 heterocycles. The molecule has 1 aliphatic heterocycles. The molecule has 0 aliphatic carbocycles. The van der Waals surface area contributed by atoms with Crippen molar-refractivity contribution in [2.24, 2.45) is 0 Å². The molecule has 1 amide bonds. The minimum atomic E-state index is -2.36. The highest BCUT2D eigenvalue weighted by molar-refractivity contribution is 7.80. The predicted octanol–water partition coefficient (Wildman–Crippen LogP) is 3.39. The van der Waals surface area contributed by atoms with Crippen LogP contribution in [0.2, 0.25) is 0 Å². The molecule has 4 rings (SSSR count). The largest absolute Gasteiger partial charge is 0.755 e. The van der Waals surface area contributed by atoms with Crippen molar-refractivity contribution in [3.05, 3.63) is 66.2 Å². The van der Waals surface area contributed by atoms with Gasteiger partial charge in [0.15, 0.2) is 5.82 Å². The van der Waals surface area contributed by atoms with Crippen LogP contribution >= 0.6 is 0 Å². The number of para-hydroxylation sites is 1. The van der Waals surface area contributed by atoms with Crippen molar-refractivity contribution >= 4 is 51.6 Å². The molecule has 3 aromatic rings. The van der Waals surface area contributed by atoms with Gasteiger partial charge in [0, 0.05) is 36.7 Å². The molecule has 2 aromatic carbocycles. The zero-order valence-electron chi connectivity index (χ0n) is 15.7. The summed E-state index contributed by atoms with van der Waals surface area (Å²) in [4.78, 5) is 21.0. The van der Waals surface area contributed by atoms with Crippen molar-refractivity contribution in [2.75, 3.05) is 33.9 Å². The molecule has 0 fully saturated rings. The fourth-order valence-electron chi connectivity index (χ4n) is 3.24. The first-order valence-corrected chi connectivity index (χ1v) is 9.86. The maximum atomic E-state index is 12.8. The zero-order valence-corrected chi connectivity index (χ0v) is 16.6. The number of hydrogen-bond donors (Lipinski definition) is 2. The maximum absolute atomic E-state index is 12.8. The van der Waals surface area contributed by atoms with Crippen LogP contribution in [0.4, 0.5) is 34.4 Å². The van der Waals surface area contributed by atoms with E-state index >= 15 is 0 Å². The van der Waals surface area contributed by atoms with Crippen molar-refractivity contribution in [1.29, 1.82) is 0 Å². The number of pyridine rings is 1. The Morgan fingerprint density at radius 2 is 1.59 bits per heavy atom. The summed E-state index contributed by atoms with van der Waals surface area (Å²) in [7, 11) is 3.61. The van der Waals surface area contributed by atoms with E-state index in [0.717, 1.165) is 11.4 Å². The first-order valence-electron chi connectivity index (χ1n) is 8.79. The Bertz CT molecular complexity index is 1100. The van der Waals surface area contributed by atoms with Crippen LogP contribution in [-0.2, 0) is 11.3 Å². The molecule has 0 saturated carbocycles. The highest BCUT2D eigenvalue weighted by Gasteiger charge is 2.28. The average Bonchev–Trinajstić information content (AvgIpc) is 2.79. The Morgan fingerprint density at radius 3 is 2.31 bits per heavy atom. The van der Waals surface area contributed by atoms with Crippen molar-refractivity contribution in [3.63, 3.8) is 0 Å². The topological polar surface area (TPSA) is 101 Å². The van der Waals surface area contributed by atoms with E-state index in [4.69, 9.17) is 4.98 Å². The van der Waals surface area contributed by atoms with E-state index in [1.807, 2.05) is 36.2 Å². The van der Waals surface area contributed by atoms with Crippen molar-refractivity contribution in [2.45, 2.75) is 0 Å². The van der Waals surface area contributed by atoms with Gasteiger partial charge in [-0.3, -0.25) is 9.00 Å². The van der Waals surface area contributed by atoms with Crippen LogP contribution in [0.15, 0.2) is 60.7 Å². The second-order valence-corrected chi connectivity index (χ2v) is 7.19. The Kier molecular flexibility index (Phi) is 4.91. The number of fused-ring (bicyclic) bond motifs is 2. The number of carbonyl (C=O) groups excluding carboxylic acids is 1. The van der Waals surface area contributed by atoms with Gasteiger partial charge in [-0.05, 0) is 48.5 Å². The smallest absolute Gasteiger partial charge is 0.260 e. The molecule has 1 atom stereocenters. The van der Waals surface area contributed by atoms with Crippen LogP contribution in [0.5, 0.6) is 0 Å². The normalized spacial score (nSPS) is 14.0. The third-order valence-electron chi connectivity index (χ3n) is 4.69. The fourth-order valence-corrected chi connectivity index (χ4v) is 3.56. The van der Waals surface area contributed by atoms with Gasteiger partial charge in [0.25, 0.3) is 5.91 Å². The predicted molar refractivity (Wildman–Crippen MR) is 114 cm³/mol. The number of rotatable bonds is 4. The number of nitrogens with zero attached hydrogens (tertiary/aromatic N) is 3. The van der Waals surface area contributed by atoms with E-state index in [1.54, 1.807) is 48.3 Å². The first kappa shape index (κ1) is 18.9. The van der Waals surface area contributed by atoms with E-state index in [-0.39, 0.29) is 5.91 Å². The van der Waals surface area contributed by atoms with Gasteiger partial charge >= 0.3 is 0 Å². The Morgan fingerprint density at radius 1 is 0.897 bits per heavy atom. The third-order valence-corrected chi connectivity index (χ3v) is 5.09. The lowest BCUT2D eigenvalue weighted by Crippen LogP contribution is -2.25. The van der Waals surface area contributed by atoms with Crippen LogP contribution < -0.4 is 19.8 Å². The average molecular weight is 408 g/mol. The SMILES string of the molecule is CN1C(=O)c2ccccc2N(C)c2nc(Nc3ccc(NS(=O)[O-])cc3)ccc21.